The highest BCUT2D eigenvalue weighted by molar-refractivity contribution is 5.92. The van der Waals surface area contributed by atoms with Crippen LogP contribution in [0.15, 0.2) is 24.3 Å². The topological polar surface area (TPSA) is 73.4 Å². The zero-order valence-electron chi connectivity index (χ0n) is 12.7. The van der Waals surface area contributed by atoms with E-state index in [1.165, 1.54) is 25.8 Å². The average molecular weight is 288 g/mol. The van der Waals surface area contributed by atoms with Crippen molar-refractivity contribution in [3.8, 4) is 0 Å². The van der Waals surface area contributed by atoms with Gasteiger partial charge in [0.25, 0.3) is 0 Å². The van der Waals surface area contributed by atoms with Crippen molar-refractivity contribution >= 4 is 22.8 Å². The number of carboxylic acid groups (broad SMARTS) is 1. The number of nitrogens with one attached hydrogen (secondary N) is 1. The summed E-state index contributed by atoms with van der Waals surface area (Å²) in [5.74, 6) is -1.23. The zero-order valence-corrected chi connectivity index (χ0v) is 12.7. The first kappa shape index (κ1) is 15.1. The van der Waals surface area contributed by atoms with Gasteiger partial charge in [0.15, 0.2) is 0 Å². The highest BCUT2D eigenvalue weighted by Crippen LogP contribution is 2.24. The molecule has 0 saturated heterocycles. The molecule has 0 bridgehead atoms. The van der Waals surface area contributed by atoms with Crippen LogP contribution in [0.1, 0.15) is 25.1 Å². The van der Waals surface area contributed by atoms with Gasteiger partial charge >= 0.3 is 5.97 Å². The number of carboxylic acids is 1. The quantitative estimate of drug-likeness (QED) is 0.907. The Kier molecular flexibility index (Phi) is 3.77. The number of hydrogen-bond donors (Lipinski definition) is 2. The molecule has 0 unspecified atom stereocenters. The van der Waals surface area contributed by atoms with Crippen LogP contribution in [0.25, 0.3) is 10.9 Å². The number of carbonyl (C=O) groups excluding carboxylic acids is 1. The van der Waals surface area contributed by atoms with E-state index in [1.54, 1.807) is 0 Å². The number of aryl methyl sites for hydroxylation is 1. The second-order valence-corrected chi connectivity index (χ2v) is 5.77. The first-order valence-corrected chi connectivity index (χ1v) is 6.81. The molecule has 2 N–H and O–H groups in total. The van der Waals surface area contributed by atoms with Gasteiger partial charge in [-0.3, -0.25) is 4.79 Å². The maximum atomic E-state index is 12.4. The Hall–Kier alpha value is -2.30. The molecule has 2 rings (SSSR count). The largest absolute Gasteiger partial charge is 0.480 e. The van der Waals surface area contributed by atoms with Gasteiger partial charge in [0.2, 0.25) is 5.91 Å². The summed E-state index contributed by atoms with van der Waals surface area (Å²) in [4.78, 5) is 28.2. The fraction of sp³-hybridized carbons (Fsp3) is 0.375. The third-order valence-electron chi connectivity index (χ3n) is 4.09. The molecular formula is C16H20N2O3. The Balaban J connectivity index is 2.30. The SMILES string of the molecule is Cc1[nH]c2ccccc2c1CC(=O)N(C)C(C)(C)C(=O)O. The van der Waals surface area contributed by atoms with Crippen LogP contribution in [-0.4, -0.2) is 39.5 Å². The van der Waals surface area contributed by atoms with Gasteiger partial charge in [-0.1, -0.05) is 18.2 Å². The monoisotopic (exact) mass is 288 g/mol. The average Bonchev–Trinajstić information content (AvgIpc) is 2.74. The predicted octanol–water partition coefficient (Wildman–Crippen LogP) is 2.34. The van der Waals surface area contributed by atoms with Crippen LogP contribution in [0.4, 0.5) is 0 Å². The van der Waals surface area contributed by atoms with Gasteiger partial charge in [-0.05, 0) is 32.4 Å². The lowest BCUT2D eigenvalue weighted by molar-refractivity contribution is -0.155. The van der Waals surface area contributed by atoms with E-state index in [4.69, 9.17) is 0 Å². The molecule has 1 aromatic heterocycles. The summed E-state index contributed by atoms with van der Waals surface area (Å²) in [6, 6.07) is 7.78. The Bertz CT molecular complexity index is 701. The van der Waals surface area contributed by atoms with Crippen LogP contribution in [0.3, 0.4) is 0 Å². The highest BCUT2D eigenvalue weighted by atomic mass is 16.4. The lowest BCUT2D eigenvalue weighted by Gasteiger charge is -2.31. The summed E-state index contributed by atoms with van der Waals surface area (Å²) in [5, 5.41) is 10.2. The zero-order chi connectivity index (χ0) is 15.8. The minimum Gasteiger partial charge on any atom is -0.480 e. The van der Waals surface area contributed by atoms with Gasteiger partial charge in [-0.15, -0.1) is 0 Å². The number of likely N-dealkylation sites (N-methyl/N-ethyl adjacent to an activating group) is 1. The number of carbonyl (C=O) groups is 2. The minimum absolute atomic E-state index is 0.184. The number of nitrogens with zero attached hydrogens (tertiary/aromatic N) is 1. The van der Waals surface area contributed by atoms with Crippen molar-refractivity contribution in [2.75, 3.05) is 7.05 Å². The Morgan fingerprint density at radius 3 is 2.52 bits per heavy atom. The van der Waals surface area contributed by atoms with E-state index < -0.39 is 11.5 Å². The fourth-order valence-electron chi connectivity index (χ4n) is 2.29. The summed E-state index contributed by atoms with van der Waals surface area (Å²) in [5.41, 5.74) is 1.62. The van der Waals surface area contributed by atoms with Crippen molar-refractivity contribution in [3.05, 3.63) is 35.5 Å². The number of aromatic amines is 1. The Morgan fingerprint density at radius 1 is 1.29 bits per heavy atom. The van der Waals surface area contributed by atoms with E-state index in [0.29, 0.717) is 0 Å². The molecule has 0 aliphatic rings. The van der Waals surface area contributed by atoms with Gasteiger partial charge in [0, 0.05) is 23.6 Å². The summed E-state index contributed by atoms with van der Waals surface area (Å²) < 4.78 is 0. The normalized spacial score (nSPS) is 11.6. The number of benzene rings is 1. The van der Waals surface area contributed by atoms with E-state index in [0.717, 1.165) is 22.2 Å². The van der Waals surface area contributed by atoms with Crippen LogP contribution >= 0.6 is 0 Å². The molecule has 0 spiro atoms. The smallest absolute Gasteiger partial charge is 0.329 e. The number of aliphatic carboxylic acids is 1. The molecule has 21 heavy (non-hydrogen) atoms. The molecule has 0 aliphatic carbocycles. The molecule has 0 radical (unpaired) electrons. The third-order valence-corrected chi connectivity index (χ3v) is 4.09. The number of aromatic nitrogens is 1. The number of amides is 1. The summed E-state index contributed by atoms with van der Waals surface area (Å²) in [7, 11) is 1.53. The van der Waals surface area contributed by atoms with Crippen LogP contribution in [0.5, 0.6) is 0 Å². The lowest BCUT2D eigenvalue weighted by Crippen LogP contribution is -2.51. The molecular weight excluding hydrogens is 268 g/mol. The maximum Gasteiger partial charge on any atom is 0.329 e. The number of H-pyrrole nitrogens is 1. The van der Waals surface area contributed by atoms with E-state index >= 15 is 0 Å². The second-order valence-electron chi connectivity index (χ2n) is 5.77. The summed E-state index contributed by atoms with van der Waals surface area (Å²) in [6.45, 7) is 4.97. The van der Waals surface area contributed by atoms with Gasteiger partial charge in [-0.2, -0.15) is 0 Å². The standard InChI is InChI=1S/C16H20N2O3/c1-10-12(11-7-5-6-8-13(11)17-10)9-14(19)18(4)16(2,3)15(20)21/h5-8,17H,9H2,1-4H3,(H,20,21). The van der Waals surface area contributed by atoms with Crippen LogP contribution < -0.4 is 0 Å². The van der Waals surface area contributed by atoms with E-state index in [-0.39, 0.29) is 12.3 Å². The molecule has 1 aromatic carbocycles. The number of fused-ring (bicyclic) bond motifs is 1. The van der Waals surface area contributed by atoms with Gasteiger partial charge in [-0.25, -0.2) is 4.79 Å². The molecule has 0 fully saturated rings. The van der Waals surface area contributed by atoms with Crippen molar-refractivity contribution in [2.45, 2.75) is 32.7 Å². The van der Waals surface area contributed by atoms with E-state index in [2.05, 4.69) is 4.98 Å². The maximum absolute atomic E-state index is 12.4. The number of rotatable bonds is 4. The van der Waals surface area contributed by atoms with Crippen molar-refractivity contribution in [2.24, 2.45) is 0 Å². The molecule has 0 saturated carbocycles. The summed E-state index contributed by atoms with van der Waals surface area (Å²) >= 11 is 0. The first-order chi connectivity index (χ1) is 9.75. The first-order valence-electron chi connectivity index (χ1n) is 6.81. The van der Waals surface area contributed by atoms with Crippen LogP contribution in [0, 0.1) is 6.92 Å². The lowest BCUT2D eigenvalue weighted by atomic mass is 10.0. The molecule has 0 atom stereocenters. The van der Waals surface area contributed by atoms with Crippen molar-refractivity contribution in [3.63, 3.8) is 0 Å². The van der Waals surface area contributed by atoms with E-state index in [9.17, 15) is 14.7 Å². The van der Waals surface area contributed by atoms with Crippen LogP contribution in [-0.2, 0) is 16.0 Å². The number of hydrogen-bond acceptors (Lipinski definition) is 2. The second kappa shape index (κ2) is 5.24. The highest BCUT2D eigenvalue weighted by Gasteiger charge is 2.35. The molecule has 0 aliphatic heterocycles. The predicted molar refractivity (Wildman–Crippen MR) is 81.2 cm³/mol. The summed E-state index contributed by atoms with van der Waals surface area (Å²) in [6.07, 6.45) is 0.184. The minimum atomic E-state index is -1.23. The van der Waals surface area contributed by atoms with Crippen molar-refractivity contribution in [1.82, 2.24) is 9.88 Å². The Morgan fingerprint density at radius 2 is 1.90 bits per heavy atom. The Labute approximate surface area is 123 Å². The number of para-hydroxylation sites is 1. The molecule has 112 valence electrons. The van der Waals surface area contributed by atoms with Crippen LogP contribution in [0.2, 0.25) is 0 Å². The van der Waals surface area contributed by atoms with E-state index in [1.807, 2.05) is 31.2 Å². The third kappa shape index (κ3) is 2.63. The van der Waals surface area contributed by atoms with Gasteiger partial charge in [0.05, 0.1) is 6.42 Å². The van der Waals surface area contributed by atoms with Crippen molar-refractivity contribution < 1.29 is 14.7 Å². The molecule has 5 heteroatoms. The molecule has 1 amide bonds. The molecule has 1 heterocycles. The fourth-order valence-corrected chi connectivity index (χ4v) is 2.29. The van der Waals surface area contributed by atoms with Gasteiger partial charge in [0.1, 0.15) is 5.54 Å². The molecule has 5 nitrogen and oxygen atoms in total. The van der Waals surface area contributed by atoms with Crippen molar-refractivity contribution in [1.29, 1.82) is 0 Å². The van der Waals surface area contributed by atoms with Gasteiger partial charge < -0.3 is 15.0 Å². The molecule has 2 aromatic rings.